The van der Waals surface area contributed by atoms with Crippen LogP contribution in [0.1, 0.15) is 42.7 Å². The molecule has 1 atom stereocenters. The minimum Gasteiger partial charge on any atom is -0.481 e. The molecule has 2 aromatic carbocycles. The van der Waals surface area contributed by atoms with E-state index >= 15 is 0 Å². The standard InChI is InChI=1S/C25H28N2O5S/c1-33-25(12-13-25)15-26-23(30)21(10-11-22(28)29)27-24(31)32-14-20-18-8-4-2-6-16(18)17-7-3-5-9-19(17)20/h2-9,20-21H,10-15H2,1H3,(H,26,30)(H,27,31)(H,28,29). The van der Waals surface area contributed by atoms with Crippen LogP contribution in [0.5, 0.6) is 0 Å². The van der Waals surface area contributed by atoms with E-state index < -0.39 is 18.1 Å². The number of carbonyl (C=O) groups is 3. The zero-order valence-corrected chi connectivity index (χ0v) is 19.3. The van der Waals surface area contributed by atoms with Crippen molar-refractivity contribution in [2.24, 2.45) is 0 Å². The fourth-order valence-corrected chi connectivity index (χ4v) is 5.01. The summed E-state index contributed by atoms with van der Waals surface area (Å²) in [6.45, 7) is 0.631. The predicted octanol–water partition coefficient (Wildman–Crippen LogP) is 3.77. The molecule has 2 aliphatic rings. The van der Waals surface area contributed by atoms with Gasteiger partial charge in [-0.15, -0.1) is 0 Å². The lowest BCUT2D eigenvalue weighted by Gasteiger charge is -2.21. The highest BCUT2D eigenvalue weighted by Gasteiger charge is 2.42. The molecule has 3 N–H and O–H groups in total. The molecule has 1 unspecified atom stereocenters. The molecule has 0 spiro atoms. The van der Waals surface area contributed by atoms with Crippen LogP contribution in [0.2, 0.25) is 0 Å². The lowest BCUT2D eigenvalue weighted by Crippen LogP contribution is -2.48. The Balaban J connectivity index is 1.38. The Bertz CT molecular complexity index is 1010. The predicted molar refractivity (Wildman–Crippen MR) is 127 cm³/mol. The summed E-state index contributed by atoms with van der Waals surface area (Å²) >= 11 is 1.71. The van der Waals surface area contributed by atoms with Crippen molar-refractivity contribution in [1.82, 2.24) is 10.6 Å². The molecule has 4 rings (SSSR count). The van der Waals surface area contributed by atoms with Gasteiger partial charge in [0.15, 0.2) is 0 Å². The quantitative estimate of drug-likeness (QED) is 0.490. The van der Waals surface area contributed by atoms with Crippen LogP contribution in [0.25, 0.3) is 11.1 Å². The van der Waals surface area contributed by atoms with E-state index in [0.717, 1.165) is 35.1 Å². The first-order valence-corrected chi connectivity index (χ1v) is 12.3. The number of benzene rings is 2. The number of amides is 2. The summed E-state index contributed by atoms with van der Waals surface area (Å²) in [5.74, 6) is -1.50. The molecule has 1 fully saturated rings. The monoisotopic (exact) mass is 468 g/mol. The molecule has 1 saturated carbocycles. The second kappa shape index (κ2) is 9.87. The lowest BCUT2D eigenvalue weighted by atomic mass is 9.98. The number of fused-ring (bicyclic) bond motifs is 3. The number of carboxylic acids is 1. The molecule has 33 heavy (non-hydrogen) atoms. The van der Waals surface area contributed by atoms with Gasteiger partial charge in [-0.3, -0.25) is 9.59 Å². The van der Waals surface area contributed by atoms with Crippen molar-refractivity contribution in [3.05, 3.63) is 59.7 Å². The molecule has 0 bridgehead atoms. The molecule has 0 aromatic heterocycles. The SMILES string of the molecule is CSC1(CNC(=O)C(CCC(=O)O)NC(=O)OCC2c3ccccc3-c3ccccc32)CC1. The number of nitrogens with one attached hydrogen (secondary N) is 2. The van der Waals surface area contributed by atoms with Crippen molar-refractivity contribution in [1.29, 1.82) is 0 Å². The first-order valence-electron chi connectivity index (χ1n) is 11.1. The molecule has 2 aliphatic carbocycles. The summed E-state index contributed by atoms with van der Waals surface area (Å²) < 4.78 is 5.59. The fraction of sp³-hybridized carbons (Fsp3) is 0.400. The Morgan fingerprint density at radius 2 is 1.70 bits per heavy atom. The number of thioether (sulfide) groups is 1. The van der Waals surface area contributed by atoms with Gasteiger partial charge in [-0.25, -0.2) is 4.79 Å². The summed E-state index contributed by atoms with van der Waals surface area (Å²) in [6.07, 6.45) is 3.12. The van der Waals surface area contributed by atoms with Crippen molar-refractivity contribution >= 4 is 29.7 Å². The van der Waals surface area contributed by atoms with Crippen molar-refractivity contribution < 1.29 is 24.2 Å². The highest BCUT2D eigenvalue weighted by molar-refractivity contribution is 8.00. The third-order valence-electron chi connectivity index (χ3n) is 6.42. The number of alkyl carbamates (subject to hydrolysis) is 1. The van der Waals surface area contributed by atoms with Gasteiger partial charge in [0, 0.05) is 23.6 Å². The van der Waals surface area contributed by atoms with E-state index in [0.29, 0.717) is 6.54 Å². The molecule has 7 nitrogen and oxygen atoms in total. The summed E-state index contributed by atoms with van der Waals surface area (Å²) in [6, 6.07) is 15.1. The maximum absolute atomic E-state index is 12.7. The third-order valence-corrected chi connectivity index (χ3v) is 7.84. The van der Waals surface area contributed by atoms with E-state index in [-0.39, 0.29) is 36.0 Å². The van der Waals surface area contributed by atoms with E-state index in [1.807, 2.05) is 42.7 Å². The number of hydrogen-bond donors (Lipinski definition) is 3. The minimum absolute atomic E-state index is 0.00235. The number of carbonyl (C=O) groups excluding carboxylic acids is 2. The van der Waals surface area contributed by atoms with Crippen molar-refractivity contribution in [3.8, 4) is 11.1 Å². The lowest BCUT2D eigenvalue weighted by molar-refractivity contribution is -0.137. The molecule has 0 radical (unpaired) electrons. The number of rotatable bonds is 10. The Hall–Kier alpha value is -3.00. The highest BCUT2D eigenvalue weighted by atomic mass is 32.2. The number of carboxylic acid groups (broad SMARTS) is 1. The molecule has 0 aliphatic heterocycles. The van der Waals surface area contributed by atoms with Crippen molar-refractivity contribution in [3.63, 3.8) is 0 Å². The van der Waals surface area contributed by atoms with E-state index in [2.05, 4.69) is 22.8 Å². The zero-order chi connectivity index (χ0) is 23.4. The molecule has 0 saturated heterocycles. The van der Waals surface area contributed by atoms with Gasteiger partial charge in [0.05, 0.1) is 0 Å². The van der Waals surface area contributed by atoms with Crippen molar-refractivity contribution in [2.45, 2.75) is 42.4 Å². The smallest absolute Gasteiger partial charge is 0.407 e. The van der Waals surface area contributed by atoms with Gasteiger partial charge in [-0.2, -0.15) is 11.8 Å². The van der Waals surface area contributed by atoms with Crippen LogP contribution >= 0.6 is 11.8 Å². The Kier molecular flexibility index (Phi) is 6.93. The zero-order valence-electron chi connectivity index (χ0n) is 18.5. The fourth-order valence-electron chi connectivity index (χ4n) is 4.28. The molecule has 2 aromatic rings. The van der Waals surface area contributed by atoms with Crippen LogP contribution in [0.4, 0.5) is 4.79 Å². The first kappa shape index (κ1) is 23.2. The Labute approximate surface area is 197 Å². The van der Waals surface area contributed by atoms with Gasteiger partial charge >= 0.3 is 12.1 Å². The Morgan fingerprint density at radius 3 is 2.24 bits per heavy atom. The number of aliphatic carboxylic acids is 1. The van der Waals surface area contributed by atoms with Gasteiger partial charge in [0.2, 0.25) is 5.91 Å². The maximum atomic E-state index is 12.7. The average molecular weight is 469 g/mol. The molecule has 2 amide bonds. The first-order chi connectivity index (χ1) is 15.9. The Morgan fingerprint density at radius 1 is 1.09 bits per heavy atom. The topological polar surface area (TPSA) is 105 Å². The summed E-state index contributed by atoms with van der Waals surface area (Å²) in [7, 11) is 0. The van der Waals surface area contributed by atoms with Crippen LogP contribution in [0, 0.1) is 0 Å². The van der Waals surface area contributed by atoms with Gasteiger partial charge < -0.3 is 20.5 Å². The maximum Gasteiger partial charge on any atom is 0.407 e. The number of ether oxygens (including phenoxy) is 1. The summed E-state index contributed by atoms with van der Waals surface area (Å²) in [5.41, 5.74) is 4.45. The third kappa shape index (κ3) is 5.33. The van der Waals surface area contributed by atoms with Crippen molar-refractivity contribution in [2.75, 3.05) is 19.4 Å². The van der Waals surface area contributed by atoms with E-state index in [4.69, 9.17) is 9.84 Å². The van der Waals surface area contributed by atoms with E-state index in [9.17, 15) is 14.4 Å². The molecule has 174 valence electrons. The summed E-state index contributed by atoms with van der Waals surface area (Å²) in [4.78, 5) is 36.3. The second-order valence-corrected chi connectivity index (χ2v) is 9.83. The van der Waals surface area contributed by atoms with E-state index in [1.165, 1.54) is 0 Å². The molecule has 0 heterocycles. The van der Waals surface area contributed by atoms with Gasteiger partial charge in [-0.1, -0.05) is 48.5 Å². The number of hydrogen-bond acceptors (Lipinski definition) is 5. The molecular weight excluding hydrogens is 440 g/mol. The minimum atomic E-state index is -1.02. The van der Waals surface area contributed by atoms with Gasteiger partial charge in [-0.05, 0) is 47.8 Å². The van der Waals surface area contributed by atoms with Crippen LogP contribution in [-0.2, 0) is 14.3 Å². The second-order valence-electron chi connectivity index (χ2n) is 8.56. The largest absolute Gasteiger partial charge is 0.481 e. The molecule has 8 heteroatoms. The normalized spacial score (nSPS) is 16.3. The van der Waals surface area contributed by atoms with Gasteiger partial charge in [0.25, 0.3) is 0 Å². The molecular formula is C25H28N2O5S. The van der Waals surface area contributed by atoms with Crippen LogP contribution in [0.3, 0.4) is 0 Å². The average Bonchev–Trinajstić information content (AvgIpc) is 3.54. The van der Waals surface area contributed by atoms with Gasteiger partial charge in [0.1, 0.15) is 12.6 Å². The highest BCUT2D eigenvalue weighted by Crippen LogP contribution is 2.46. The van der Waals surface area contributed by atoms with Crippen LogP contribution < -0.4 is 10.6 Å². The van der Waals surface area contributed by atoms with Crippen LogP contribution in [0.15, 0.2) is 48.5 Å². The summed E-state index contributed by atoms with van der Waals surface area (Å²) in [5, 5.41) is 14.5. The van der Waals surface area contributed by atoms with E-state index in [1.54, 1.807) is 11.8 Å². The van der Waals surface area contributed by atoms with Crippen LogP contribution in [-0.4, -0.2) is 53.3 Å².